The van der Waals surface area contributed by atoms with Crippen molar-refractivity contribution in [2.24, 2.45) is 5.92 Å². The van der Waals surface area contributed by atoms with Gasteiger partial charge in [0.1, 0.15) is 0 Å². The van der Waals surface area contributed by atoms with E-state index in [1.165, 1.54) is 20.0 Å². The molecule has 1 N–H and O–H groups in total. The third-order valence-corrected chi connectivity index (χ3v) is 4.06. The smallest absolute Gasteiger partial charge is 0.320 e. The molecule has 2 rings (SSSR count). The average Bonchev–Trinajstić information content (AvgIpc) is 2.79. The summed E-state index contributed by atoms with van der Waals surface area (Å²) in [6.07, 6.45) is 4.68. The fraction of sp³-hybridized carbons (Fsp3) is 0.917. The summed E-state index contributed by atoms with van der Waals surface area (Å²) in [5, 5.41) is 0. The number of carbonyl (C=O) groups excluding carboxylic acids is 1. The molecule has 0 aromatic carbocycles. The minimum atomic E-state index is -0.0751. The van der Waals surface area contributed by atoms with E-state index in [4.69, 9.17) is 4.84 Å². The van der Waals surface area contributed by atoms with Gasteiger partial charge in [0.05, 0.1) is 7.11 Å². The van der Waals surface area contributed by atoms with Gasteiger partial charge in [-0.1, -0.05) is 0 Å². The van der Waals surface area contributed by atoms with Crippen LogP contribution in [-0.2, 0) is 4.84 Å². The van der Waals surface area contributed by atoms with Gasteiger partial charge in [-0.2, -0.15) is 0 Å². The Morgan fingerprint density at radius 3 is 2.59 bits per heavy atom. The molecule has 2 amide bonds. The maximum Gasteiger partial charge on any atom is 0.341 e. The highest BCUT2D eigenvalue weighted by Gasteiger charge is 2.35. The molecule has 1 unspecified atom stereocenters. The molecular formula is C12H23N3O2. The maximum absolute atomic E-state index is 11.8. The van der Waals surface area contributed by atoms with Crippen molar-refractivity contribution in [1.29, 1.82) is 0 Å². The van der Waals surface area contributed by atoms with Crippen LogP contribution in [0.5, 0.6) is 0 Å². The SMILES string of the molecule is CONC(=O)N1CCCC1C1CCN(C)CC1. The molecule has 0 aromatic rings. The summed E-state index contributed by atoms with van der Waals surface area (Å²) >= 11 is 0. The zero-order valence-electron chi connectivity index (χ0n) is 10.8. The van der Waals surface area contributed by atoms with Gasteiger partial charge in [0.15, 0.2) is 0 Å². The maximum atomic E-state index is 11.8. The molecule has 0 saturated carbocycles. The number of likely N-dealkylation sites (tertiary alicyclic amines) is 2. The predicted octanol–water partition coefficient (Wildman–Crippen LogP) is 1.06. The summed E-state index contributed by atoms with van der Waals surface area (Å²) in [6.45, 7) is 3.17. The van der Waals surface area contributed by atoms with Crippen molar-refractivity contribution < 1.29 is 9.63 Å². The van der Waals surface area contributed by atoms with Crippen LogP contribution >= 0.6 is 0 Å². The van der Waals surface area contributed by atoms with Crippen LogP contribution in [0.25, 0.3) is 0 Å². The fourth-order valence-electron chi connectivity index (χ4n) is 3.09. The quantitative estimate of drug-likeness (QED) is 0.735. The third-order valence-electron chi connectivity index (χ3n) is 4.06. The number of rotatable bonds is 2. The van der Waals surface area contributed by atoms with Crippen LogP contribution in [0.4, 0.5) is 4.79 Å². The summed E-state index contributed by atoms with van der Waals surface area (Å²) in [5.41, 5.74) is 2.44. The lowest BCUT2D eigenvalue weighted by atomic mass is 9.88. The highest BCUT2D eigenvalue weighted by molar-refractivity contribution is 5.73. The van der Waals surface area contributed by atoms with Crippen LogP contribution in [-0.4, -0.2) is 55.7 Å². The van der Waals surface area contributed by atoms with E-state index in [9.17, 15) is 4.79 Å². The van der Waals surface area contributed by atoms with Gasteiger partial charge in [-0.15, -0.1) is 0 Å². The number of hydrogen-bond acceptors (Lipinski definition) is 3. The first-order valence-corrected chi connectivity index (χ1v) is 6.50. The normalized spacial score (nSPS) is 27.4. The number of nitrogens with zero attached hydrogens (tertiary/aromatic N) is 2. The van der Waals surface area contributed by atoms with Crippen LogP contribution in [0.1, 0.15) is 25.7 Å². The zero-order chi connectivity index (χ0) is 12.3. The summed E-state index contributed by atoms with van der Waals surface area (Å²) in [7, 11) is 3.65. The molecule has 98 valence electrons. The van der Waals surface area contributed by atoms with Crippen molar-refractivity contribution in [3.63, 3.8) is 0 Å². The summed E-state index contributed by atoms with van der Waals surface area (Å²) in [4.78, 5) is 20.9. The molecule has 2 aliphatic rings. The van der Waals surface area contributed by atoms with Crippen LogP contribution in [0.2, 0.25) is 0 Å². The Labute approximate surface area is 103 Å². The van der Waals surface area contributed by atoms with E-state index in [2.05, 4.69) is 17.4 Å². The van der Waals surface area contributed by atoms with Gasteiger partial charge in [-0.25, -0.2) is 10.3 Å². The van der Waals surface area contributed by atoms with E-state index in [1.807, 2.05) is 4.90 Å². The molecule has 2 saturated heterocycles. The van der Waals surface area contributed by atoms with Crippen LogP contribution < -0.4 is 5.48 Å². The number of hydrogen-bond donors (Lipinski definition) is 1. The van der Waals surface area contributed by atoms with Crippen molar-refractivity contribution in [3.8, 4) is 0 Å². The molecular weight excluding hydrogens is 218 g/mol. The number of hydroxylamine groups is 1. The van der Waals surface area contributed by atoms with Gasteiger partial charge in [-0.3, -0.25) is 4.84 Å². The Bertz CT molecular complexity index is 264. The molecule has 0 aliphatic carbocycles. The lowest BCUT2D eigenvalue weighted by molar-refractivity contribution is 0.0720. The molecule has 5 heteroatoms. The second kappa shape index (κ2) is 5.69. The highest BCUT2D eigenvalue weighted by Crippen LogP contribution is 2.30. The van der Waals surface area contributed by atoms with Gasteiger partial charge in [0.25, 0.3) is 0 Å². The van der Waals surface area contributed by atoms with E-state index < -0.39 is 0 Å². The Morgan fingerprint density at radius 2 is 1.94 bits per heavy atom. The summed E-state index contributed by atoms with van der Waals surface area (Å²) in [5.74, 6) is 0.663. The highest BCUT2D eigenvalue weighted by atomic mass is 16.6. The van der Waals surface area contributed by atoms with Gasteiger partial charge in [0.2, 0.25) is 0 Å². The molecule has 2 heterocycles. The minimum absolute atomic E-state index is 0.0751. The Hall–Kier alpha value is -0.810. The molecule has 5 nitrogen and oxygen atoms in total. The number of piperidine rings is 1. The molecule has 0 radical (unpaired) electrons. The van der Waals surface area contributed by atoms with Crippen LogP contribution in [0, 0.1) is 5.92 Å². The molecule has 2 fully saturated rings. The van der Waals surface area contributed by atoms with Crippen LogP contribution in [0.3, 0.4) is 0 Å². The third kappa shape index (κ3) is 2.90. The van der Waals surface area contributed by atoms with Crippen molar-refractivity contribution in [2.75, 3.05) is 33.8 Å². The van der Waals surface area contributed by atoms with Crippen LogP contribution in [0.15, 0.2) is 0 Å². The van der Waals surface area contributed by atoms with E-state index in [1.54, 1.807) is 0 Å². The lowest BCUT2D eigenvalue weighted by Gasteiger charge is -2.36. The molecule has 1 atom stereocenters. The van der Waals surface area contributed by atoms with E-state index >= 15 is 0 Å². The lowest BCUT2D eigenvalue weighted by Crippen LogP contribution is -2.47. The first-order chi connectivity index (χ1) is 8.22. The number of urea groups is 1. The first-order valence-electron chi connectivity index (χ1n) is 6.50. The molecule has 0 bridgehead atoms. The van der Waals surface area contributed by atoms with Crippen molar-refractivity contribution in [3.05, 3.63) is 0 Å². The number of nitrogens with one attached hydrogen (secondary N) is 1. The number of carbonyl (C=O) groups is 1. The van der Waals surface area contributed by atoms with E-state index in [0.717, 1.165) is 32.5 Å². The Morgan fingerprint density at radius 1 is 1.24 bits per heavy atom. The Balaban J connectivity index is 1.92. The molecule has 0 spiro atoms. The minimum Gasteiger partial charge on any atom is -0.320 e. The monoisotopic (exact) mass is 241 g/mol. The van der Waals surface area contributed by atoms with Gasteiger partial charge in [0, 0.05) is 12.6 Å². The van der Waals surface area contributed by atoms with Gasteiger partial charge >= 0.3 is 6.03 Å². The van der Waals surface area contributed by atoms with Crippen molar-refractivity contribution >= 4 is 6.03 Å². The second-order valence-electron chi connectivity index (χ2n) is 5.16. The standard InChI is InChI=1S/C12H23N3O2/c1-14-8-5-10(6-9-14)11-4-3-7-15(11)12(16)13-17-2/h10-11H,3-9H2,1-2H3,(H,13,16). The van der Waals surface area contributed by atoms with Gasteiger partial charge < -0.3 is 9.80 Å². The molecule has 0 aromatic heterocycles. The van der Waals surface area contributed by atoms with E-state index in [-0.39, 0.29) is 6.03 Å². The summed E-state index contributed by atoms with van der Waals surface area (Å²) < 4.78 is 0. The molecule has 2 aliphatic heterocycles. The van der Waals surface area contributed by atoms with Gasteiger partial charge in [-0.05, 0) is 51.7 Å². The second-order valence-corrected chi connectivity index (χ2v) is 5.16. The largest absolute Gasteiger partial charge is 0.341 e. The average molecular weight is 241 g/mol. The predicted molar refractivity (Wildman–Crippen MR) is 65.5 cm³/mol. The first kappa shape index (κ1) is 12.6. The van der Waals surface area contributed by atoms with Crippen molar-refractivity contribution in [1.82, 2.24) is 15.3 Å². The Kier molecular flexibility index (Phi) is 4.23. The molecule has 17 heavy (non-hydrogen) atoms. The zero-order valence-corrected chi connectivity index (χ0v) is 10.8. The topological polar surface area (TPSA) is 44.8 Å². The van der Waals surface area contributed by atoms with E-state index in [0.29, 0.717) is 12.0 Å². The van der Waals surface area contributed by atoms with Crippen molar-refractivity contribution in [2.45, 2.75) is 31.7 Å². The fourth-order valence-corrected chi connectivity index (χ4v) is 3.09. The number of amides is 2. The summed E-state index contributed by atoms with van der Waals surface area (Å²) in [6, 6.07) is 0.341.